The van der Waals surface area contributed by atoms with Crippen molar-refractivity contribution in [3.8, 4) is 5.69 Å². The van der Waals surface area contributed by atoms with Crippen molar-refractivity contribution in [3.05, 3.63) is 98.2 Å². The van der Waals surface area contributed by atoms with Gasteiger partial charge in [-0.15, -0.1) is 0 Å². The van der Waals surface area contributed by atoms with Gasteiger partial charge in [-0.05, 0) is 42.3 Å². The fourth-order valence-corrected chi connectivity index (χ4v) is 4.61. The number of amides is 2. The molecule has 1 aliphatic heterocycles. The Labute approximate surface area is 240 Å². The summed E-state index contributed by atoms with van der Waals surface area (Å²) in [6.07, 6.45) is 1.56. The van der Waals surface area contributed by atoms with Crippen molar-refractivity contribution in [1.82, 2.24) is 19.2 Å². The molecule has 0 bridgehead atoms. The maximum Gasteiger partial charge on any atom is 0.352 e. The van der Waals surface area contributed by atoms with Crippen LogP contribution in [0.15, 0.2) is 70.0 Å². The zero-order valence-electron chi connectivity index (χ0n) is 23.5. The van der Waals surface area contributed by atoms with Crippen LogP contribution < -0.4 is 16.6 Å². The first-order valence-electron chi connectivity index (χ1n) is 13.0. The van der Waals surface area contributed by atoms with E-state index in [4.69, 9.17) is 9.47 Å². The molecule has 12 nitrogen and oxygen atoms in total. The van der Waals surface area contributed by atoms with E-state index < -0.39 is 41.0 Å². The van der Waals surface area contributed by atoms with Crippen molar-refractivity contribution >= 4 is 23.5 Å². The largest absolute Gasteiger partial charge is 0.458 e. The first kappa shape index (κ1) is 30.1. The van der Waals surface area contributed by atoms with Gasteiger partial charge in [0.05, 0.1) is 18.8 Å². The number of rotatable bonds is 9. The van der Waals surface area contributed by atoms with Gasteiger partial charge in [0, 0.05) is 50.9 Å². The number of ether oxygens (including phenoxy) is 2. The molecule has 0 spiro atoms. The van der Waals surface area contributed by atoms with Crippen LogP contribution in [0.4, 0.5) is 10.1 Å². The molecule has 2 aromatic carbocycles. The number of halogens is 1. The number of nitrogens with zero attached hydrogens (tertiary/aromatic N) is 4. The Morgan fingerprint density at radius 1 is 1.14 bits per heavy atom. The minimum absolute atomic E-state index is 0.0265. The molecule has 42 heavy (non-hydrogen) atoms. The zero-order valence-corrected chi connectivity index (χ0v) is 23.5. The predicted octanol–water partition coefficient (Wildman–Crippen LogP) is 1.89. The molecule has 1 aliphatic rings. The zero-order chi connectivity index (χ0) is 30.6. The van der Waals surface area contributed by atoms with E-state index in [2.05, 4.69) is 10.4 Å². The van der Waals surface area contributed by atoms with E-state index in [0.717, 1.165) is 15.4 Å². The predicted molar refractivity (Wildman–Crippen MR) is 150 cm³/mol. The monoisotopic (exact) mass is 579 g/mol. The summed E-state index contributed by atoms with van der Waals surface area (Å²) in [6.45, 7) is 2.67. The van der Waals surface area contributed by atoms with E-state index in [1.807, 2.05) is 0 Å². The molecule has 0 saturated carbocycles. The number of esters is 1. The maximum absolute atomic E-state index is 13.5. The van der Waals surface area contributed by atoms with E-state index in [9.17, 15) is 28.4 Å². The fourth-order valence-electron chi connectivity index (χ4n) is 4.61. The molecule has 3 aromatic rings. The maximum atomic E-state index is 13.5. The van der Waals surface area contributed by atoms with Gasteiger partial charge in [0.1, 0.15) is 18.1 Å². The lowest BCUT2D eigenvalue weighted by atomic mass is 9.85. The van der Waals surface area contributed by atoms with Crippen molar-refractivity contribution in [2.45, 2.75) is 38.8 Å². The van der Waals surface area contributed by atoms with Crippen LogP contribution in [0.3, 0.4) is 0 Å². The summed E-state index contributed by atoms with van der Waals surface area (Å²) < 4.78 is 25.6. The Morgan fingerprint density at radius 2 is 1.86 bits per heavy atom. The Hall–Kier alpha value is -4.91. The average molecular weight is 580 g/mol. The molecule has 1 N–H and O–H groups in total. The quantitative estimate of drug-likeness (QED) is 0.379. The summed E-state index contributed by atoms with van der Waals surface area (Å²) in [5.74, 6) is -2.30. The summed E-state index contributed by atoms with van der Waals surface area (Å²) in [5, 5.41) is 6.82. The SMILES string of the molecule is COC[C@@H](Cn1c(=O)cnn(-c2ccc(C)c(NC(=O)C3=CN(C)C(=O)C[C@H]3c3ccc(F)cc3)c2)c1=O)OC(C)=O. The van der Waals surface area contributed by atoms with Gasteiger partial charge < -0.3 is 19.7 Å². The summed E-state index contributed by atoms with van der Waals surface area (Å²) in [4.78, 5) is 64.6. The highest BCUT2D eigenvalue weighted by molar-refractivity contribution is 6.06. The van der Waals surface area contributed by atoms with Gasteiger partial charge in [0.2, 0.25) is 5.91 Å². The Morgan fingerprint density at radius 3 is 2.52 bits per heavy atom. The molecule has 2 amide bonds. The van der Waals surface area contributed by atoms with Gasteiger partial charge in [0.25, 0.3) is 11.5 Å². The van der Waals surface area contributed by atoms with Gasteiger partial charge >= 0.3 is 11.7 Å². The number of carbonyl (C=O) groups is 3. The highest BCUT2D eigenvalue weighted by atomic mass is 19.1. The van der Waals surface area contributed by atoms with E-state index in [1.54, 1.807) is 26.1 Å². The molecular formula is C29H30FN5O7. The van der Waals surface area contributed by atoms with Crippen LogP contribution in [0.5, 0.6) is 0 Å². The molecule has 0 fully saturated rings. The molecule has 0 unspecified atom stereocenters. The number of carbonyl (C=O) groups excluding carboxylic acids is 3. The van der Waals surface area contributed by atoms with Gasteiger partial charge in [-0.3, -0.25) is 23.7 Å². The van der Waals surface area contributed by atoms with Crippen LogP contribution in [0.2, 0.25) is 0 Å². The Kier molecular flexibility index (Phi) is 9.11. The van der Waals surface area contributed by atoms with E-state index in [-0.39, 0.29) is 31.2 Å². The minimum Gasteiger partial charge on any atom is -0.458 e. The van der Waals surface area contributed by atoms with Crippen LogP contribution in [0, 0.1) is 12.7 Å². The van der Waals surface area contributed by atoms with Crippen LogP contribution in [0.25, 0.3) is 5.69 Å². The highest BCUT2D eigenvalue weighted by Crippen LogP contribution is 2.33. The van der Waals surface area contributed by atoms with E-state index in [0.29, 0.717) is 22.4 Å². The van der Waals surface area contributed by atoms with Crippen molar-refractivity contribution in [3.63, 3.8) is 0 Å². The molecule has 4 rings (SSSR count). The Balaban J connectivity index is 1.66. The first-order valence-corrected chi connectivity index (χ1v) is 13.0. The number of aryl methyl sites for hydroxylation is 1. The lowest BCUT2D eigenvalue weighted by molar-refractivity contribution is -0.149. The summed E-state index contributed by atoms with van der Waals surface area (Å²) >= 11 is 0. The number of hydrogen-bond acceptors (Lipinski definition) is 8. The van der Waals surface area contributed by atoms with Crippen LogP contribution in [-0.4, -0.2) is 63.9 Å². The Bertz CT molecular complexity index is 1660. The molecule has 2 heterocycles. The number of benzene rings is 2. The standard InChI is InChI=1S/C29H30FN5O7/c1-17-5-10-21(35-29(40)34(27(38)13-31-35)14-22(16-41-4)42-18(2)36)11-25(17)32-28(39)24-15-33(3)26(37)12-23(24)19-6-8-20(30)9-7-19/h5-11,13,15,22-23H,12,14,16H2,1-4H3,(H,32,39)/t22-,23+/m1/s1. The van der Waals surface area contributed by atoms with Crippen molar-refractivity contribution in [2.75, 3.05) is 26.1 Å². The lowest BCUT2D eigenvalue weighted by Gasteiger charge is -2.28. The molecule has 1 aromatic heterocycles. The topological polar surface area (TPSA) is 142 Å². The highest BCUT2D eigenvalue weighted by Gasteiger charge is 2.31. The fraction of sp³-hybridized carbons (Fsp3) is 0.310. The average Bonchev–Trinajstić information content (AvgIpc) is 2.94. The van der Waals surface area contributed by atoms with Gasteiger partial charge in [0.15, 0.2) is 0 Å². The van der Waals surface area contributed by atoms with Gasteiger partial charge in [-0.2, -0.15) is 9.78 Å². The third-order valence-corrected chi connectivity index (χ3v) is 6.76. The summed E-state index contributed by atoms with van der Waals surface area (Å²) in [5.41, 5.74) is 0.714. The minimum atomic E-state index is -0.885. The second-order valence-electron chi connectivity index (χ2n) is 9.83. The van der Waals surface area contributed by atoms with Crippen molar-refractivity contribution < 1.29 is 28.2 Å². The number of hydrogen-bond donors (Lipinski definition) is 1. The molecule has 2 atom stereocenters. The number of aromatic nitrogens is 3. The molecule has 220 valence electrons. The lowest BCUT2D eigenvalue weighted by Crippen LogP contribution is -2.44. The summed E-state index contributed by atoms with van der Waals surface area (Å²) in [7, 11) is 2.95. The molecule has 0 radical (unpaired) electrons. The van der Waals surface area contributed by atoms with Crippen LogP contribution in [-0.2, 0) is 30.4 Å². The number of methoxy groups -OCH3 is 1. The number of anilines is 1. The van der Waals surface area contributed by atoms with E-state index in [1.165, 1.54) is 55.5 Å². The normalized spacial score (nSPS) is 15.6. The molecule has 0 aliphatic carbocycles. The molecule has 13 heteroatoms. The number of nitrogens with one attached hydrogen (secondary N) is 1. The smallest absolute Gasteiger partial charge is 0.352 e. The third-order valence-electron chi connectivity index (χ3n) is 6.76. The van der Waals surface area contributed by atoms with Crippen molar-refractivity contribution in [1.29, 1.82) is 0 Å². The van der Waals surface area contributed by atoms with Gasteiger partial charge in [-0.25, -0.2) is 9.18 Å². The van der Waals surface area contributed by atoms with Crippen LogP contribution >= 0.6 is 0 Å². The van der Waals surface area contributed by atoms with Crippen LogP contribution in [0.1, 0.15) is 30.4 Å². The van der Waals surface area contributed by atoms with Gasteiger partial charge in [-0.1, -0.05) is 18.2 Å². The van der Waals surface area contributed by atoms with Crippen molar-refractivity contribution in [2.24, 2.45) is 0 Å². The first-order chi connectivity index (χ1) is 20.0. The third kappa shape index (κ3) is 6.69. The summed E-state index contributed by atoms with van der Waals surface area (Å²) in [6, 6.07) is 10.4. The second kappa shape index (κ2) is 12.7. The molecular weight excluding hydrogens is 549 g/mol. The van der Waals surface area contributed by atoms with E-state index >= 15 is 0 Å². The molecule has 0 saturated heterocycles. The second-order valence-corrected chi connectivity index (χ2v) is 9.83.